The van der Waals surface area contributed by atoms with E-state index in [0.717, 1.165) is 16.3 Å². The fourth-order valence-electron chi connectivity index (χ4n) is 2.69. The number of carbonyl (C=O) groups excluding carboxylic acids is 1. The van der Waals surface area contributed by atoms with Crippen molar-refractivity contribution in [3.05, 3.63) is 84.6 Å². The molecule has 0 unspecified atom stereocenters. The van der Waals surface area contributed by atoms with Gasteiger partial charge < -0.3 is 15.2 Å². The molecule has 7 nitrogen and oxygen atoms in total. The highest BCUT2D eigenvalue weighted by Crippen LogP contribution is 2.26. The van der Waals surface area contributed by atoms with Gasteiger partial charge in [-0.1, -0.05) is 0 Å². The van der Waals surface area contributed by atoms with Crippen LogP contribution < -0.4 is 10.1 Å². The number of carbonyl (C=O) groups is 1. The molecule has 0 fully saturated rings. The van der Waals surface area contributed by atoms with E-state index >= 15 is 0 Å². The maximum atomic E-state index is 12.3. The molecule has 3 heterocycles. The Morgan fingerprint density at radius 2 is 1.86 bits per heavy atom. The summed E-state index contributed by atoms with van der Waals surface area (Å²) in [6, 6.07) is 14.0. The van der Waals surface area contributed by atoms with Crippen LogP contribution in [-0.4, -0.2) is 26.0 Å². The van der Waals surface area contributed by atoms with Crippen molar-refractivity contribution < 1.29 is 14.6 Å². The summed E-state index contributed by atoms with van der Waals surface area (Å²) in [5.41, 5.74) is 1.84. The van der Waals surface area contributed by atoms with Crippen LogP contribution in [0.25, 0.3) is 10.8 Å². The van der Waals surface area contributed by atoms with Crippen molar-refractivity contribution in [2.45, 2.75) is 6.61 Å². The number of aromatic nitrogens is 3. The molecule has 4 rings (SSSR count). The molecule has 0 bridgehead atoms. The Morgan fingerprint density at radius 1 is 1.00 bits per heavy atom. The van der Waals surface area contributed by atoms with Crippen LogP contribution in [0.4, 0.5) is 5.69 Å². The molecule has 1 aromatic carbocycles. The van der Waals surface area contributed by atoms with E-state index in [9.17, 15) is 9.90 Å². The molecule has 138 valence electrons. The van der Waals surface area contributed by atoms with Gasteiger partial charge >= 0.3 is 0 Å². The van der Waals surface area contributed by atoms with Gasteiger partial charge in [0.1, 0.15) is 18.1 Å². The fourth-order valence-corrected chi connectivity index (χ4v) is 2.69. The molecule has 7 heteroatoms. The lowest BCUT2D eigenvalue weighted by Crippen LogP contribution is -2.13. The Labute approximate surface area is 160 Å². The number of ether oxygens (including phenoxy) is 1. The number of fused-ring (bicyclic) bond motifs is 1. The van der Waals surface area contributed by atoms with Gasteiger partial charge in [-0.3, -0.25) is 9.78 Å². The van der Waals surface area contributed by atoms with Crippen LogP contribution in [0.5, 0.6) is 11.6 Å². The smallest absolute Gasteiger partial charge is 0.274 e. The largest absolute Gasteiger partial charge is 0.506 e. The summed E-state index contributed by atoms with van der Waals surface area (Å²) in [6.07, 6.45) is 6.32. The number of pyridine rings is 3. The molecule has 3 aromatic heterocycles. The zero-order chi connectivity index (χ0) is 19.3. The second-order valence-electron chi connectivity index (χ2n) is 6.05. The Balaban J connectivity index is 1.53. The minimum absolute atomic E-state index is 0.00838. The van der Waals surface area contributed by atoms with E-state index < -0.39 is 0 Å². The van der Waals surface area contributed by atoms with Crippen molar-refractivity contribution in [2.24, 2.45) is 0 Å². The van der Waals surface area contributed by atoms with Crippen LogP contribution in [-0.2, 0) is 6.61 Å². The van der Waals surface area contributed by atoms with Crippen LogP contribution in [0, 0.1) is 0 Å². The zero-order valence-corrected chi connectivity index (χ0v) is 14.7. The number of hydrogen-bond donors (Lipinski definition) is 2. The van der Waals surface area contributed by atoms with E-state index in [1.165, 1.54) is 18.3 Å². The molecule has 1 amide bonds. The standard InChI is InChI=1S/C21H16N4O3/c26-17-2-4-19(24-12-17)20(27)25-16-1-3-18-15(11-16)7-10-23-21(18)28-13-14-5-8-22-9-6-14/h1-12,26H,13H2,(H,25,27). The van der Waals surface area contributed by atoms with Gasteiger partial charge in [0.25, 0.3) is 5.91 Å². The molecule has 0 aliphatic rings. The summed E-state index contributed by atoms with van der Waals surface area (Å²) >= 11 is 0. The summed E-state index contributed by atoms with van der Waals surface area (Å²) < 4.78 is 5.85. The molecule has 0 radical (unpaired) electrons. The molecule has 0 saturated carbocycles. The lowest BCUT2D eigenvalue weighted by molar-refractivity contribution is 0.102. The van der Waals surface area contributed by atoms with Crippen LogP contribution in [0.2, 0.25) is 0 Å². The average molecular weight is 372 g/mol. The van der Waals surface area contributed by atoms with Crippen LogP contribution in [0.3, 0.4) is 0 Å². The lowest BCUT2D eigenvalue weighted by atomic mass is 10.1. The van der Waals surface area contributed by atoms with E-state index in [1.807, 2.05) is 30.3 Å². The molecule has 0 aliphatic heterocycles. The zero-order valence-electron chi connectivity index (χ0n) is 14.7. The highest BCUT2D eigenvalue weighted by atomic mass is 16.5. The average Bonchev–Trinajstić information content (AvgIpc) is 2.73. The minimum Gasteiger partial charge on any atom is -0.506 e. The monoisotopic (exact) mass is 372 g/mol. The number of rotatable bonds is 5. The molecular weight excluding hydrogens is 356 g/mol. The van der Waals surface area contributed by atoms with E-state index in [4.69, 9.17) is 4.74 Å². The molecule has 2 N–H and O–H groups in total. The van der Waals surface area contributed by atoms with Gasteiger partial charge in [-0.25, -0.2) is 9.97 Å². The Hall–Kier alpha value is -4.00. The van der Waals surface area contributed by atoms with Gasteiger partial charge in [0.05, 0.1) is 6.20 Å². The normalized spacial score (nSPS) is 10.6. The van der Waals surface area contributed by atoms with Crippen LogP contribution in [0.1, 0.15) is 16.1 Å². The molecule has 0 aliphatic carbocycles. The highest BCUT2D eigenvalue weighted by molar-refractivity contribution is 6.04. The molecule has 0 atom stereocenters. The molecule has 4 aromatic rings. The first-order valence-corrected chi connectivity index (χ1v) is 8.56. The third kappa shape index (κ3) is 3.88. The number of anilines is 1. The Bertz CT molecular complexity index is 1120. The van der Waals surface area contributed by atoms with Gasteiger partial charge in [-0.05, 0) is 59.5 Å². The van der Waals surface area contributed by atoms with Crippen molar-refractivity contribution in [2.75, 3.05) is 5.32 Å². The van der Waals surface area contributed by atoms with Crippen molar-refractivity contribution in [3.8, 4) is 11.6 Å². The third-order valence-corrected chi connectivity index (χ3v) is 4.09. The molecule has 0 spiro atoms. The predicted octanol–water partition coefficient (Wildman–Crippen LogP) is 3.56. The Morgan fingerprint density at radius 3 is 2.64 bits per heavy atom. The van der Waals surface area contributed by atoms with Gasteiger partial charge in [0, 0.05) is 29.7 Å². The Kier molecular flexibility index (Phi) is 4.79. The number of nitrogens with zero attached hydrogens (tertiary/aromatic N) is 3. The summed E-state index contributed by atoms with van der Waals surface area (Å²) in [6.45, 7) is 0.389. The second-order valence-corrected chi connectivity index (χ2v) is 6.05. The number of benzene rings is 1. The summed E-state index contributed by atoms with van der Waals surface area (Å²) in [5, 5.41) is 13.8. The van der Waals surface area contributed by atoms with Crippen molar-refractivity contribution >= 4 is 22.4 Å². The summed E-state index contributed by atoms with van der Waals surface area (Å²) in [4.78, 5) is 24.5. The first kappa shape index (κ1) is 17.4. The van der Waals surface area contributed by atoms with E-state index in [0.29, 0.717) is 18.2 Å². The first-order chi connectivity index (χ1) is 13.7. The number of nitrogens with one attached hydrogen (secondary N) is 1. The molecular formula is C21H16N4O3. The number of amides is 1. The maximum Gasteiger partial charge on any atom is 0.274 e. The van der Waals surface area contributed by atoms with Crippen LogP contribution in [0.15, 0.2) is 73.3 Å². The first-order valence-electron chi connectivity index (χ1n) is 8.56. The molecule has 28 heavy (non-hydrogen) atoms. The quantitative estimate of drug-likeness (QED) is 0.556. The van der Waals surface area contributed by atoms with E-state index in [-0.39, 0.29) is 17.4 Å². The minimum atomic E-state index is -0.359. The van der Waals surface area contributed by atoms with Gasteiger partial charge in [0.15, 0.2) is 0 Å². The fraction of sp³-hybridized carbons (Fsp3) is 0.0476. The van der Waals surface area contributed by atoms with Gasteiger partial charge in [-0.2, -0.15) is 0 Å². The molecule has 0 saturated heterocycles. The SMILES string of the molecule is O=C(Nc1ccc2c(OCc3ccncc3)nccc2c1)c1ccc(O)cn1. The summed E-state index contributed by atoms with van der Waals surface area (Å²) in [7, 11) is 0. The lowest BCUT2D eigenvalue weighted by Gasteiger charge is -2.10. The number of hydrogen-bond acceptors (Lipinski definition) is 6. The predicted molar refractivity (Wildman–Crippen MR) is 104 cm³/mol. The van der Waals surface area contributed by atoms with E-state index in [1.54, 1.807) is 24.7 Å². The second kappa shape index (κ2) is 7.71. The number of aromatic hydroxyl groups is 1. The topological polar surface area (TPSA) is 97.2 Å². The van der Waals surface area contributed by atoms with Crippen molar-refractivity contribution in [3.63, 3.8) is 0 Å². The van der Waals surface area contributed by atoms with Crippen molar-refractivity contribution in [1.82, 2.24) is 15.0 Å². The van der Waals surface area contributed by atoms with Crippen LogP contribution >= 0.6 is 0 Å². The van der Waals surface area contributed by atoms with Gasteiger partial charge in [0.2, 0.25) is 5.88 Å². The van der Waals surface area contributed by atoms with Gasteiger partial charge in [-0.15, -0.1) is 0 Å². The van der Waals surface area contributed by atoms with Crippen molar-refractivity contribution in [1.29, 1.82) is 0 Å². The highest BCUT2D eigenvalue weighted by Gasteiger charge is 2.10. The summed E-state index contributed by atoms with van der Waals surface area (Å²) in [5.74, 6) is 0.170. The maximum absolute atomic E-state index is 12.3. The third-order valence-electron chi connectivity index (χ3n) is 4.09. The van der Waals surface area contributed by atoms with E-state index in [2.05, 4.69) is 20.3 Å².